The van der Waals surface area contributed by atoms with E-state index in [1.165, 1.54) is 11.1 Å². The van der Waals surface area contributed by atoms with Crippen molar-refractivity contribution in [1.82, 2.24) is 15.1 Å². The van der Waals surface area contributed by atoms with E-state index in [0.29, 0.717) is 13.1 Å². The molecule has 0 atom stereocenters. The molecule has 0 aromatic heterocycles. The van der Waals surface area contributed by atoms with E-state index in [-0.39, 0.29) is 37.1 Å². The van der Waals surface area contributed by atoms with Crippen LogP contribution in [0.25, 0.3) is 0 Å². The van der Waals surface area contributed by atoms with Crippen molar-refractivity contribution in [1.29, 1.82) is 0 Å². The van der Waals surface area contributed by atoms with Crippen LogP contribution < -0.4 is 5.32 Å². The molecular weight excluding hydrogens is 366 g/mol. The smallest absolute Gasteiger partial charge is 0.223 e. The molecule has 1 N–H and O–H groups in total. The Bertz CT molecular complexity index is 620. The first-order valence-corrected chi connectivity index (χ1v) is 9.64. The summed E-state index contributed by atoms with van der Waals surface area (Å²) in [6.07, 6.45) is 2.39. The monoisotopic (exact) mass is 395 g/mol. The van der Waals surface area contributed by atoms with Crippen molar-refractivity contribution in [2.75, 3.05) is 45.9 Å². The Labute approximate surface area is 167 Å². The number of benzene rings is 1. The minimum absolute atomic E-state index is 0. The lowest BCUT2D eigenvalue weighted by Gasteiger charge is -2.29. The van der Waals surface area contributed by atoms with Crippen molar-refractivity contribution < 1.29 is 14.3 Å². The number of nitrogens with zero attached hydrogens (tertiary/aromatic N) is 2. The number of nitrogens with one attached hydrogen (secondary N) is 1. The van der Waals surface area contributed by atoms with Crippen LogP contribution in [0.3, 0.4) is 0 Å². The molecule has 0 saturated carbocycles. The highest BCUT2D eigenvalue weighted by Gasteiger charge is 2.20. The Kier molecular flexibility index (Phi) is 9.04. The van der Waals surface area contributed by atoms with E-state index in [4.69, 9.17) is 4.74 Å². The summed E-state index contributed by atoms with van der Waals surface area (Å²) in [6.45, 7) is 6.61. The molecule has 0 radical (unpaired) electrons. The number of morpholine rings is 1. The second kappa shape index (κ2) is 11.3. The van der Waals surface area contributed by atoms with Gasteiger partial charge in [-0.2, -0.15) is 0 Å². The molecule has 2 heterocycles. The van der Waals surface area contributed by atoms with E-state index < -0.39 is 0 Å². The molecule has 1 saturated heterocycles. The molecule has 7 heteroatoms. The molecule has 0 spiro atoms. The van der Waals surface area contributed by atoms with E-state index in [1.54, 1.807) is 0 Å². The fourth-order valence-electron chi connectivity index (χ4n) is 3.53. The summed E-state index contributed by atoms with van der Waals surface area (Å²) >= 11 is 0. The van der Waals surface area contributed by atoms with Crippen LogP contribution in [0.4, 0.5) is 0 Å². The van der Waals surface area contributed by atoms with Crippen LogP contribution in [0.5, 0.6) is 0 Å². The molecule has 3 rings (SSSR count). The van der Waals surface area contributed by atoms with Crippen molar-refractivity contribution in [3.8, 4) is 0 Å². The van der Waals surface area contributed by atoms with E-state index >= 15 is 0 Å². The molecule has 150 valence electrons. The van der Waals surface area contributed by atoms with Crippen LogP contribution in [-0.2, 0) is 27.3 Å². The van der Waals surface area contributed by atoms with Crippen LogP contribution in [0.15, 0.2) is 24.3 Å². The van der Waals surface area contributed by atoms with Gasteiger partial charge in [0.05, 0.1) is 13.2 Å². The minimum Gasteiger partial charge on any atom is -0.379 e. The topological polar surface area (TPSA) is 61.9 Å². The number of halogens is 1. The summed E-state index contributed by atoms with van der Waals surface area (Å²) < 4.78 is 5.32. The number of amides is 2. The maximum absolute atomic E-state index is 12.4. The van der Waals surface area contributed by atoms with Crippen molar-refractivity contribution >= 4 is 24.2 Å². The third-order valence-electron chi connectivity index (χ3n) is 5.13. The summed E-state index contributed by atoms with van der Waals surface area (Å²) in [5, 5.41) is 2.93. The first-order chi connectivity index (χ1) is 12.7. The van der Waals surface area contributed by atoms with Gasteiger partial charge in [0.2, 0.25) is 11.8 Å². The Hall–Kier alpha value is -1.63. The molecular formula is C20H30ClN3O3. The van der Waals surface area contributed by atoms with Gasteiger partial charge < -0.3 is 15.0 Å². The molecule has 1 aromatic carbocycles. The second-order valence-electron chi connectivity index (χ2n) is 6.99. The van der Waals surface area contributed by atoms with E-state index in [9.17, 15) is 9.59 Å². The zero-order valence-corrected chi connectivity index (χ0v) is 16.6. The second-order valence-corrected chi connectivity index (χ2v) is 6.99. The van der Waals surface area contributed by atoms with Crippen molar-refractivity contribution in [3.05, 3.63) is 35.4 Å². The van der Waals surface area contributed by atoms with Crippen LogP contribution in [-0.4, -0.2) is 67.6 Å². The third-order valence-corrected chi connectivity index (χ3v) is 5.13. The first-order valence-electron chi connectivity index (χ1n) is 9.64. The number of rotatable bonds is 7. The highest BCUT2D eigenvalue weighted by molar-refractivity contribution is 5.85. The number of carbonyl (C=O) groups is 2. The number of carbonyl (C=O) groups excluding carboxylic acids is 2. The van der Waals surface area contributed by atoms with Gasteiger partial charge in [-0.15, -0.1) is 12.4 Å². The molecule has 0 unspecified atom stereocenters. The predicted molar refractivity (Wildman–Crippen MR) is 107 cm³/mol. The molecule has 0 aliphatic carbocycles. The fourth-order valence-corrected chi connectivity index (χ4v) is 3.53. The molecule has 2 aliphatic rings. The van der Waals surface area contributed by atoms with Gasteiger partial charge in [-0.3, -0.25) is 14.5 Å². The van der Waals surface area contributed by atoms with Gasteiger partial charge in [-0.25, -0.2) is 0 Å². The van der Waals surface area contributed by atoms with Crippen LogP contribution in [0.1, 0.15) is 30.4 Å². The van der Waals surface area contributed by atoms with Gasteiger partial charge in [0, 0.05) is 45.6 Å². The zero-order chi connectivity index (χ0) is 18.2. The maximum Gasteiger partial charge on any atom is 0.223 e. The minimum atomic E-state index is -0.0299. The van der Waals surface area contributed by atoms with Crippen molar-refractivity contribution in [2.24, 2.45) is 0 Å². The Morgan fingerprint density at radius 3 is 2.56 bits per heavy atom. The van der Waals surface area contributed by atoms with Gasteiger partial charge in [0.25, 0.3) is 0 Å². The summed E-state index contributed by atoms with van der Waals surface area (Å²) in [4.78, 5) is 28.6. The van der Waals surface area contributed by atoms with Gasteiger partial charge in [0.1, 0.15) is 0 Å². The maximum atomic E-state index is 12.4. The fraction of sp³-hybridized carbons (Fsp3) is 0.600. The Balaban J connectivity index is 0.00000261. The highest BCUT2D eigenvalue weighted by atomic mass is 35.5. The van der Waals surface area contributed by atoms with Crippen LogP contribution >= 0.6 is 12.4 Å². The molecule has 2 aliphatic heterocycles. The van der Waals surface area contributed by atoms with Crippen molar-refractivity contribution in [2.45, 2.75) is 32.2 Å². The largest absolute Gasteiger partial charge is 0.379 e. The number of hydrogen-bond donors (Lipinski definition) is 1. The predicted octanol–water partition coefficient (Wildman–Crippen LogP) is 1.61. The van der Waals surface area contributed by atoms with Gasteiger partial charge in [-0.1, -0.05) is 24.3 Å². The average molecular weight is 396 g/mol. The van der Waals surface area contributed by atoms with Gasteiger partial charge >= 0.3 is 0 Å². The lowest BCUT2D eigenvalue weighted by molar-refractivity contribution is -0.134. The van der Waals surface area contributed by atoms with Crippen molar-refractivity contribution in [3.63, 3.8) is 0 Å². The SMILES string of the molecule is Cl.O=C(CCC(=O)N1CCc2ccccc2C1)NCCCN1CCOCC1. The van der Waals surface area contributed by atoms with E-state index in [2.05, 4.69) is 22.3 Å². The third kappa shape index (κ3) is 6.79. The van der Waals surface area contributed by atoms with Crippen LogP contribution in [0, 0.1) is 0 Å². The van der Waals surface area contributed by atoms with E-state index in [0.717, 1.165) is 52.2 Å². The molecule has 1 aromatic rings. The first kappa shape index (κ1) is 21.7. The summed E-state index contributed by atoms with van der Waals surface area (Å²) in [7, 11) is 0. The van der Waals surface area contributed by atoms with Gasteiger partial charge in [0.15, 0.2) is 0 Å². The zero-order valence-electron chi connectivity index (χ0n) is 15.8. The molecule has 1 fully saturated rings. The quantitative estimate of drug-likeness (QED) is 0.712. The summed E-state index contributed by atoms with van der Waals surface area (Å²) in [5.41, 5.74) is 2.55. The Morgan fingerprint density at radius 1 is 1.04 bits per heavy atom. The molecule has 27 heavy (non-hydrogen) atoms. The standard InChI is InChI=1S/C20H29N3O3.ClH/c24-19(21-9-3-10-22-12-14-26-15-13-22)6-7-20(25)23-11-8-17-4-1-2-5-18(17)16-23;/h1-2,4-5H,3,6-16H2,(H,21,24);1H. The number of hydrogen-bond acceptors (Lipinski definition) is 4. The van der Waals surface area contributed by atoms with Gasteiger partial charge in [-0.05, 0) is 30.5 Å². The lowest BCUT2D eigenvalue weighted by atomic mass is 9.99. The van der Waals surface area contributed by atoms with E-state index in [1.807, 2.05) is 17.0 Å². The van der Waals surface area contributed by atoms with Crippen LogP contribution in [0.2, 0.25) is 0 Å². The summed E-state index contributed by atoms with van der Waals surface area (Å²) in [6, 6.07) is 8.26. The highest BCUT2D eigenvalue weighted by Crippen LogP contribution is 2.19. The number of ether oxygens (including phenoxy) is 1. The average Bonchev–Trinajstić information content (AvgIpc) is 2.70. The number of fused-ring (bicyclic) bond motifs is 1. The normalized spacial score (nSPS) is 17.0. The Morgan fingerprint density at radius 2 is 1.78 bits per heavy atom. The molecule has 6 nitrogen and oxygen atoms in total. The summed E-state index contributed by atoms with van der Waals surface area (Å²) in [5.74, 6) is 0.0423. The molecule has 0 bridgehead atoms. The molecule has 2 amide bonds. The lowest BCUT2D eigenvalue weighted by Crippen LogP contribution is -2.38.